The zero-order valence-electron chi connectivity index (χ0n) is 6.03. The maximum atomic E-state index is 5.89. The van der Waals surface area contributed by atoms with Crippen LogP contribution in [0.4, 0.5) is 0 Å². The van der Waals surface area contributed by atoms with Crippen LogP contribution in [-0.2, 0) is 4.44 Å². The predicted octanol–water partition coefficient (Wildman–Crippen LogP) is 4.08. The average molecular weight is 351 g/mol. The minimum absolute atomic E-state index is 0.541. The molecule has 0 atom stereocenters. The van der Waals surface area contributed by atoms with Gasteiger partial charge in [-0.25, -0.2) is 0 Å². The molecule has 0 N–H and O–H groups in total. The van der Waals surface area contributed by atoms with Gasteiger partial charge >= 0.3 is 92.6 Å². The van der Waals surface area contributed by atoms with Crippen LogP contribution >= 0.6 is 38.4 Å². The molecule has 0 saturated heterocycles. The van der Waals surface area contributed by atoms with E-state index in [1.807, 2.05) is 18.2 Å². The quantitative estimate of drug-likeness (QED) is 0.705. The van der Waals surface area contributed by atoms with Crippen LogP contribution in [0.1, 0.15) is 5.56 Å². The van der Waals surface area contributed by atoms with E-state index in [-0.39, 0.29) is 0 Å². The average Bonchev–Trinajstić information content (AvgIpc) is 1.91. The van der Waals surface area contributed by atoms with Gasteiger partial charge in [0.2, 0.25) is 0 Å². The number of benzene rings is 1. The van der Waals surface area contributed by atoms with Crippen LogP contribution in [0.25, 0.3) is 0 Å². The Labute approximate surface area is 91.8 Å². The van der Waals surface area contributed by atoms with Crippen LogP contribution in [0, 0.1) is 0 Å². The van der Waals surface area contributed by atoms with Crippen molar-refractivity contribution in [1.82, 2.24) is 0 Å². The first-order chi connectivity index (χ1) is 5.49. The Balaban J connectivity index is 2.83. The van der Waals surface area contributed by atoms with E-state index in [4.69, 9.17) is 38.4 Å². The summed E-state index contributed by atoms with van der Waals surface area (Å²) >= 11 is 2.61. The summed E-state index contributed by atoms with van der Waals surface area (Å²) in [5, 5.41) is 0.681. The van der Waals surface area contributed by atoms with Crippen molar-refractivity contribution < 1.29 is 0 Å². The second kappa shape index (κ2) is 4.61. The summed E-state index contributed by atoms with van der Waals surface area (Å²) in [6.45, 7) is 0. The van der Waals surface area contributed by atoms with Crippen LogP contribution in [0.5, 0.6) is 0 Å². The number of hydrogen-bond donors (Lipinski definition) is 0. The molecule has 0 fully saturated rings. The van der Waals surface area contributed by atoms with Crippen molar-refractivity contribution in [3.05, 3.63) is 34.9 Å². The van der Waals surface area contributed by atoms with Crippen LogP contribution < -0.4 is 0 Å². The Morgan fingerprint density at radius 1 is 1.08 bits per heavy atom. The molecule has 12 heavy (non-hydrogen) atoms. The Kier molecular flexibility index (Phi) is 4.32. The minimum atomic E-state index is -3.28. The molecule has 1 rings (SSSR count). The van der Waals surface area contributed by atoms with Crippen molar-refractivity contribution in [3.63, 3.8) is 0 Å². The number of rotatable bonds is 2. The summed E-state index contributed by atoms with van der Waals surface area (Å²) in [5.74, 6) is 0. The molecule has 5 heteroatoms. The third-order valence-corrected chi connectivity index (χ3v) is 6.64. The SMILES string of the molecule is Clc1ccccc1[CH2][Sn]([Cl])([Cl])[Cl]. The van der Waals surface area contributed by atoms with Crippen LogP contribution in [0.3, 0.4) is 0 Å². The third-order valence-electron chi connectivity index (χ3n) is 1.35. The Hall–Kier alpha value is 1.18. The van der Waals surface area contributed by atoms with Gasteiger partial charge in [0.1, 0.15) is 0 Å². The monoisotopic (exact) mass is 350 g/mol. The van der Waals surface area contributed by atoms with E-state index in [0.29, 0.717) is 9.46 Å². The first-order valence-corrected chi connectivity index (χ1v) is 16.5. The van der Waals surface area contributed by atoms with Gasteiger partial charge in [-0.2, -0.15) is 0 Å². The molecule has 1 aromatic carbocycles. The molecule has 0 amide bonds. The summed E-state index contributed by atoms with van der Waals surface area (Å²) < 4.78 is 0.541. The summed E-state index contributed by atoms with van der Waals surface area (Å²) in [5.41, 5.74) is 0.940. The summed E-state index contributed by atoms with van der Waals surface area (Å²) in [6.07, 6.45) is 0. The van der Waals surface area contributed by atoms with Crippen molar-refractivity contribution in [2.75, 3.05) is 0 Å². The van der Waals surface area contributed by atoms with Crippen LogP contribution in [0.2, 0.25) is 5.02 Å². The molecule has 0 spiro atoms. The zero-order valence-corrected chi connectivity index (χ0v) is 11.9. The van der Waals surface area contributed by atoms with E-state index >= 15 is 0 Å². The van der Waals surface area contributed by atoms with E-state index < -0.39 is 15.0 Å². The molecule has 0 aromatic heterocycles. The van der Waals surface area contributed by atoms with Crippen LogP contribution in [0.15, 0.2) is 24.3 Å². The van der Waals surface area contributed by atoms with Gasteiger partial charge in [-0.1, -0.05) is 0 Å². The van der Waals surface area contributed by atoms with Gasteiger partial charge in [0, 0.05) is 0 Å². The zero-order chi connectivity index (χ0) is 9.19. The molecule has 66 valence electrons. The molecule has 0 saturated carbocycles. The fourth-order valence-electron chi connectivity index (χ4n) is 0.858. The molecular formula is C7H6Cl4Sn. The van der Waals surface area contributed by atoms with Gasteiger partial charge in [0.05, 0.1) is 0 Å². The molecule has 1 aromatic rings. The molecule has 0 aliphatic rings. The molecular weight excluding hydrogens is 345 g/mol. The van der Waals surface area contributed by atoms with E-state index in [0.717, 1.165) is 5.56 Å². The molecule has 0 nitrogen and oxygen atoms in total. The third kappa shape index (κ3) is 3.92. The number of hydrogen-bond acceptors (Lipinski definition) is 0. The van der Waals surface area contributed by atoms with Gasteiger partial charge < -0.3 is 0 Å². The topological polar surface area (TPSA) is 0 Å². The van der Waals surface area contributed by atoms with E-state index in [1.165, 1.54) is 0 Å². The van der Waals surface area contributed by atoms with E-state index in [1.54, 1.807) is 6.07 Å². The van der Waals surface area contributed by atoms with Crippen molar-refractivity contribution in [2.24, 2.45) is 0 Å². The molecule has 0 unspecified atom stereocenters. The maximum absolute atomic E-state index is 5.89. The molecule has 0 aliphatic carbocycles. The second-order valence-electron chi connectivity index (χ2n) is 2.38. The Bertz CT molecular complexity index is 268. The molecule has 0 bridgehead atoms. The fraction of sp³-hybridized carbons (Fsp3) is 0.143. The number of halogens is 4. The van der Waals surface area contributed by atoms with Gasteiger partial charge in [0.25, 0.3) is 0 Å². The summed E-state index contributed by atoms with van der Waals surface area (Å²) in [4.78, 5) is 0. The predicted molar refractivity (Wildman–Crippen MR) is 58.5 cm³/mol. The van der Waals surface area contributed by atoms with Gasteiger partial charge in [-0.3, -0.25) is 0 Å². The van der Waals surface area contributed by atoms with E-state index in [9.17, 15) is 0 Å². The van der Waals surface area contributed by atoms with Gasteiger partial charge in [-0.15, -0.1) is 0 Å². The van der Waals surface area contributed by atoms with Gasteiger partial charge in [0.15, 0.2) is 0 Å². The van der Waals surface area contributed by atoms with Gasteiger partial charge in [-0.05, 0) is 0 Å². The standard InChI is InChI=1S/C7H6Cl.3ClH.Sn/c1-6-4-2-3-5-7(6)8;;;;/h2-5H,1H2;3*1H;/q;;;;+3/p-3. The Morgan fingerprint density at radius 3 is 2.17 bits per heavy atom. The molecule has 0 aliphatic heterocycles. The van der Waals surface area contributed by atoms with Crippen LogP contribution in [-0.4, -0.2) is 15.0 Å². The van der Waals surface area contributed by atoms with Crippen molar-refractivity contribution in [3.8, 4) is 0 Å². The van der Waals surface area contributed by atoms with E-state index in [2.05, 4.69) is 0 Å². The van der Waals surface area contributed by atoms with Crippen molar-refractivity contribution in [2.45, 2.75) is 4.44 Å². The summed E-state index contributed by atoms with van der Waals surface area (Å²) in [6, 6.07) is 7.45. The fourth-order valence-corrected chi connectivity index (χ4v) is 6.39. The molecule has 0 heterocycles. The van der Waals surface area contributed by atoms with Crippen molar-refractivity contribution >= 4 is 53.4 Å². The normalized spacial score (nSPS) is 11.7. The first-order valence-electron chi connectivity index (χ1n) is 3.29. The molecule has 0 radical (unpaired) electrons. The first kappa shape index (κ1) is 11.3. The summed E-state index contributed by atoms with van der Waals surface area (Å²) in [7, 11) is 17.5. The van der Waals surface area contributed by atoms with Crippen molar-refractivity contribution in [1.29, 1.82) is 0 Å². The Morgan fingerprint density at radius 2 is 1.67 bits per heavy atom. The second-order valence-corrected chi connectivity index (χ2v) is 24.2.